The number of hydrogen-bond donors (Lipinski definition) is 0. The van der Waals surface area contributed by atoms with Gasteiger partial charge in [0.2, 0.25) is 0 Å². The second-order valence-electron chi connectivity index (χ2n) is 5.82. The molecule has 2 nitrogen and oxygen atoms in total. The summed E-state index contributed by atoms with van der Waals surface area (Å²) in [5, 5.41) is 0. The summed E-state index contributed by atoms with van der Waals surface area (Å²) in [6.07, 6.45) is 6.17. The normalized spacial score (nSPS) is 23.4. The maximum Gasteiger partial charge on any atom is 0.135 e. The number of halogens is 5. The van der Waals surface area contributed by atoms with E-state index in [4.69, 9.17) is 0 Å². The van der Waals surface area contributed by atoms with Gasteiger partial charge in [0.1, 0.15) is 11.0 Å². The lowest BCUT2D eigenvalue weighted by Crippen LogP contribution is -1.98. The molecule has 0 bridgehead atoms. The van der Waals surface area contributed by atoms with Gasteiger partial charge in [-0.3, -0.25) is 9.59 Å². The van der Waals surface area contributed by atoms with Crippen LogP contribution in [0.15, 0.2) is 0 Å². The van der Waals surface area contributed by atoms with Crippen LogP contribution in [0, 0.1) is 11.8 Å². The Kier molecular flexibility index (Phi) is 19.6. The molecule has 2 saturated carbocycles. The van der Waals surface area contributed by atoms with Gasteiger partial charge < -0.3 is 0 Å². The first-order valence-corrected chi connectivity index (χ1v) is 13.5. The molecular weight excluding hydrogens is 859 g/mol. The zero-order valence-electron chi connectivity index (χ0n) is 14.2. The average Bonchev–Trinajstić information content (AvgIpc) is 2.88. The van der Waals surface area contributed by atoms with Crippen LogP contribution in [-0.4, -0.2) is 12.9 Å². The molecule has 0 aliphatic heterocycles. The molecule has 2 aliphatic carbocycles. The third-order valence-electron chi connectivity index (χ3n) is 3.22. The monoisotopic (exact) mass is 886 g/mol. The summed E-state index contributed by atoms with van der Waals surface area (Å²) in [4.78, 5) is 21.1. The summed E-state index contributed by atoms with van der Waals surface area (Å²) in [6, 6.07) is 0. The van der Waals surface area contributed by atoms with Gasteiger partial charge in [0, 0.05) is 24.7 Å². The molecular formula is C16H27I5O2. The van der Waals surface area contributed by atoms with Crippen LogP contribution in [0.25, 0.3) is 0 Å². The quantitative estimate of drug-likeness (QED) is 0.183. The van der Waals surface area contributed by atoms with Crippen molar-refractivity contribution in [3.63, 3.8) is 0 Å². The van der Waals surface area contributed by atoms with E-state index in [9.17, 15) is 9.59 Å². The number of alkyl halides is 5. The number of carbonyl (C=O) groups excluding carboxylic acids is 2. The molecule has 0 heterocycles. The molecule has 0 aromatic carbocycles. The highest BCUT2D eigenvalue weighted by atomic mass is 127. The van der Waals surface area contributed by atoms with Crippen LogP contribution in [0.1, 0.15) is 66.2 Å². The summed E-state index contributed by atoms with van der Waals surface area (Å²) >= 11 is 11.7. The van der Waals surface area contributed by atoms with Crippen molar-refractivity contribution >= 4 is 125 Å². The highest BCUT2D eigenvalue weighted by Gasteiger charge is 2.18. The van der Waals surface area contributed by atoms with Crippen LogP contribution in [0.5, 0.6) is 0 Å². The van der Waals surface area contributed by atoms with Gasteiger partial charge in [-0.2, -0.15) is 0 Å². The van der Waals surface area contributed by atoms with E-state index in [2.05, 4.69) is 127 Å². The van der Waals surface area contributed by atoms with Gasteiger partial charge in [0.05, 0.1) is 1.93 Å². The average molecular weight is 886 g/mol. The number of carbonyl (C=O) groups is 2. The molecule has 2 atom stereocenters. The van der Waals surface area contributed by atoms with Crippen LogP contribution < -0.4 is 0 Å². The zero-order chi connectivity index (χ0) is 18.6. The van der Waals surface area contributed by atoms with Gasteiger partial charge in [-0.25, -0.2) is 0 Å². The van der Waals surface area contributed by atoms with Gasteiger partial charge in [0.15, 0.2) is 0 Å². The minimum absolute atomic E-state index is 0.375. The highest BCUT2D eigenvalue weighted by Crippen LogP contribution is 2.33. The van der Waals surface area contributed by atoms with E-state index in [0.717, 1.165) is 40.5 Å². The molecule has 138 valence electrons. The fourth-order valence-corrected chi connectivity index (χ4v) is 1.98. The molecule has 0 N–H and O–H groups in total. The number of Topliss-reactive ketones (excluding diaryl/α,β-unsaturated/α-hetero) is 2. The Balaban J connectivity index is 0. The minimum Gasteiger partial charge on any atom is -0.299 e. The van der Waals surface area contributed by atoms with E-state index in [1.54, 1.807) is 0 Å². The minimum atomic E-state index is 0.375. The van der Waals surface area contributed by atoms with Crippen molar-refractivity contribution in [3.8, 4) is 0 Å². The topological polar surface area (TPSA) is 34.1 Å². The summed E-state index contributed by atoms with van der Waals surface area (Å²) in [6.45, 7) is 8.31. The predicted molar refractivity (Wildman–Crippen MR) is 144 cm³/mol. The second kappa shape index (κ2) is 16.0. The fraction of sp³-hybridized carbons (Fsp3) is 0.875. The predicted octanol–water partition coefficient (Wildman–Crippen LogP) is 7.92. The highest BCUT2D eigenvalue weighted by molar-refractivity contribution is 14.3. The zero-order valence-corrected chi connectivity index (χ0v) is 25.0. The van der Waals surface area contributed by atoms with Crippen molar-refractivity contribution < 1.29 is 9.59 Å². The van der Waals surface area contributed by atoms with Crippen LogP contribution >= 0.6 is 113 Å². The smallest absolute Gasteiger partial charge is 0.135 e. The molecule has 0 aromatic rings. The van der Waals surface area contributed by atoms with E-state index in [1.165, 1.54) is 0 Å². The molecule has 7 heteroatoms. The Morgan fingerprint density at radius 3 is 1.17 bits per heavy atom. The van der Waals surface area contributed by atoms with E-state index in [0.29, 0.717) is 22.8 Å². The fourth-order valence-electron chi connectivity index (χ4n) is 1.98. The molecule has 2 aliphatic rings. The van der Waals surface area contributed by atoms with E-state index >= 15 is 0 Å². The van der Waals surface area contributed by atoms with Gasteiger partial charge in [-0.15, -0.1) is 0 Å². The SMILES string of the molecule is CC(I)(I)I.CC(I)I.CC1CCCC1=O.CC1CCCC1=O. The summed E-state index contributed by atoms with van der Waals surface area (Å²) in [5.74, 6) is 1.67. The second-order valence-corrected chi connectivity index (χ2v) is 24.6. The molecule has 0 saturated heterocycles. The number of ketones is 2. The molecule has 0 amide bonds. The van der Waals surface area contributed by atoms with Crippen molar-refractivity contribution in [1.29, 1.82) is 0 Å². The molecule has 2 rings (SSSR count). The first-order chi connectivity index (χ1) is 10.3. The van der Waals surface area contributed by atoms with E-state index in [-0.39, 0.29) is 0 Å². The first-order valence-electron chi connectivity index (χ1n) is 7.74. The van der Waals surface area contributed by atoms with E-state index < -0.39 is 0 Å². The maximum absolute atomic E-state index is 10.6. The Labute approximate surface area is 210 Å². The molecule has 0 radical (unpaired) electrons. The summed E-state index contributed by atoms with van der Waals surface area (Å²) < 4.78 is 1.18. The molecule has 23 heavy (non-hydrogen) atoms. The van der Waals surface area contributed by atoms with Crippen molar-refractivity contribution in [2.45, 2.75) is 67.6 Å². The lowest BCUT2D eigenvalue weighted by molar-refractivity contribution is -0.120. The van der Waals surface area contributed by atoms with Crippen molar-refractivity contribution in [2.75, 3.05) is 0 Å². The van der Waals surface area contributed by atoms with Crippen LogP contribution in [0.4, 0.5) is 0 Å². The number of rotatable bonds is 0. The van der Waals surface area contributed by atoms with Crippen LogP contribution in [0.3, 0.4) is 0 Å². The lowest BCUT2D eigenvalue weighted by Gasteiger charge is -1.96. The van der Waals surface area contributed by atoms with Crippen molar-refractivity contribution in [2.24, 2.45) is 11.8 Å². The van der Waals surface area contributed by atoms with Gasteiger partial charge >= 0.3 is 0 Å². The Bertz CT molecular complexity index is 307. The van der Waals surface area contributed by atoms with Crippen LogP contribution in [-0.2, 0) is 9.59 Å². The standard InChI is InChI=1S/2C6H10O.C2H3I3.C2H4I2/c2*1-5-3-2-4-6(5)7;1-2(3,4)5;1-2(3)4/h2*5H,2-4H2,1H3;1H3;2H,1H3. The third-order valence-corrected chi connectivity index (χ3v) is 3.22. The Morgan fingerprint density at radius 2 is 1.13 bits per heavy atom. The van der Waals surface area contributed by atoms with Gasteiger partial charge in [-0.05, 0) is 39.5 Å². The van der Waals surface area contributed by atoms with Crippen LogP contribution in [0.2, 0.25) is 0 Å². The molecule has 2 unspecified atom stereocenters. The molecule has 2 fully saturated rings. The van der Waals surface area contributed by atoms with Gasteiger partial charge in [-0.1, -0.05) is 127 Å². The Hall–Kier alpha value is 2.99. The van der Waals surface area contributed by atoms with E-state index in [1.807, 2.05) is 13.8 Å². The maximum atomic E-state index is 10.6. The number of hydrogen-bond acceptors (Lipinski definition) is 2. The first kappa shape index (κ1) is 28.2. The Morgan fingerprint density at radius 1 is 0.913 bits per heavy atom. The summed E-state index contributed by atoms with van der Waals surface area (Å²) in [5.41, 5.74) is 0. The van der Waals surface area contributed by atoms with Gasteiger partial charge in [0.25, 0.3) is 0 Å². The molecule has 0 spiro atoms. The van der Waals surface area contributed by atoms with Crippen molar-refractivity contribution in [3.05, 3.63) is 0 Å². The van der Waals surface area contributed by atoms with Crippen molar-refractivity contribution in [1.82, 2.24) is 0 Å². The molecule has 0 aromatic heterocycles. The summed E-state index contributed by atoms with van der Waals surface area (Å²) in [7, 11) is 0. The largest absolute Gasteiger partial charge is 0.299 e. The lowest BCUT2D eigenvalue weighted by atomic mass is 10.1. The third kappa shape index (κ3) is 25.0.